The number of fused-ring (bicyclic) bond motifs is 1. The van der Waals surface area contributed by atoms with Gasteiger partial charge in [0, 0.05) is 6.07 Å². The molecule has 1 aliphatic heterocycles. The highest BCUT2D eigenvalue weighted by Gasteiger charge is 2.26. The van der Waals surface area contributed by atoms with E-state index in [0.717, 1.165) is 0 Å². The second kappa shape index (κ2) is 6.84. The molecule has 0 bridgehead atoms. The Hall–Kier alpha value is -2.00. The van der Waals surface area contributed by atoms with E-state index < -0.39 is 11.0 Å². The van der Waals surface area contributed by atoms with Gasteiger partial charge in [0.1, 0.15) is 5.75 Å². The smallest absolute Gasteiger partial charge is 0.272 e. The number of amides is 1. The van der Waals surface area contributed by atoms with Crippen molar-refractivity contribution in [3.63, 3.8) is 0 Å². The first kappa shape index (κ1) is 16.4. The van der Waals surface area contributed by atoms with E-state index in [9.17, 15) is 4.79 Å². The molecule has 1 heterocycles. The largest absolute Gasteiger partial charge is 0.470 e. The number of ether oxygens (including phenoxy) is 3. The lowest BCUT2D eigenvalue weighted by molar-refractivity contribution is -0.125. The van der Waals surface area contributed by atoms with Crippen LogP contribution in [0.3, 0.4) is 0 Å². The predicted octanol–water partition coefficient (Wildman–Crippen LogP) is 2.40. The molecule has 2 rings (SSSR count). The summed E-state index contributed by atoms with van der Waals surface area (Å²) in [5, 5.41) is 2.87. The van der Waals surface area contributed by atoms with Gasteiger partial charge in [0.15, 0.2) is 11.5 Å². The standard InChI is InChI=1S/C16H19NO4S/c1-5-8-16(2,3)17-14(18)15(22-4)21-11-6-7-12-13(9-11)20-10-19-12/h6-7,9,15H,10H2,1-4H3,(H,17,18). The van der Waals surface area contributed by atoms with Crippen molar-refractivity contribution in [2.45, 2.75) is 31.7 Å². The third kappa shape index (κ3) is 4.01. The summed E-state index contributed by atoms with van der Waals surface area (Å²) < 4.78 is 16.3. The second-order valence-corrected chi connectivity index (χ2v) is 6.09. The molecule has 0 aromatic heterocycles. The third-order valence-electron chi connectivity index (χ3n) is 2.89. The van der Waals surface area contributed by atoms with Crippen molar-refractivity contribution in [1.82, 2.24) is 5.32 Å². The van der Waals surface area contributed by atoms with Gasteiger partial charge in [-0.1, -0.05) is 5.92 Å². The van der Waals surface area contributed by atoms with Gasteiger partial charge in [0.25, 0.3) is 5.91 Å². The summed E-state index contributed by atoms with van der Waals surface area (Å²) in [4.78, 5) is 12.3. The van der Waals surface area contributed by atoms with Crippen LogP contribution in [0.2, 0.25) is 0 Å². The zero-order chi connectivity index (χ0) is 16.2. The average Bonchev–Trinajstić information content (AvgIpc) is 2.91. The van der Waals surface area contributed by atoms with E-state index >= 15 is 0 Å². The topological polar surface area (TPSA) is 56.8 Å². The van der Waals surface area contributed by atoms with Crippen LogP contribution in [0.15, 0.2) is 18.2 Å². The van der Waals surface area contributed by atoms with E-state index in [1.54, 1.807) is 25.1 Å². The predicted molar refractivity (Wildman–Crippen MR) is 86.2 cm³/mol. The van der Waals surface area contributed by atoms with Gasteiger partial charge in [-0.25, -0.2) is 0 Å². The maximum Gasteiger partial charge on any atom is 0.272 e. The van der Waals surface area contributed by atoms with Gasteiger partial charge in [-0.05, 0) is 39.2 Å². The van der Waals surface area contributed by atoms with Crippen LogP contribution in [0.5, 0.6) is 17.2 Å². The van der Waals surface area contributed by atoms with Crippen LogP contribution in [-0.4, -0.2) is 29.9 Å². The van der Waals surface area contributed by atoms with Crippen molar-refractivity contribution in [3.8, 4) is 29.1 Å². The maximum absolute atomic E-state index is 12.3. The Morgan fingerprint density at radius 2 is 2.14 bits per heavy atom. The first-order valence-corrected chi connectivity index (χ1v) is 8.09. The maximum atomic E-state index is 12.3. The molecular weight excluding hydrogens is 302 g/mol. The van der Waals surface area contributed by atoms with E-state index in [1.165, 1.54) is 11.8 Å². The summed E-state index contributed by atoms with van der Waals surface area (Å²) in [6, 6.07) is 5.23. The number of carbonyl (C=O) groups excluding carboxylic acids is 1. The zero-order valence-corrected chi connectivity index (χ0v) is 13.9. The zero-order valence-electron chi connectivity index (χ0n) is 13.1. The quantitative estimate of drug-likeness (QED) is 0.667. The van der Waals surface area contributed by atoms with Crippen molar-refractivity contribution < 1.29 is 19.0 Å². The van der Waals surface area contributed by atoms with Crippen molar-refractivity contribution in [3.05, 3.63) is 18.2 Å². The molecule has 118 valence electrons. The lowest BCUT2D eigenvalue weighted by Crippen LogP contribution is -2.47. The van der Waals surface area contributed by atoms with Crippen LogP contribution >= 0.6 is 11.8 Å². The molecule has 1 unspecified atom stereocenters. The second-order valence-electron chi connectivity index (χ2n) is 5.19. The molecule has 22 heavy (non-hydrogen) atoms. The Labute approximate surface area is 134 Å². The fraction of sp³-hybridized carbons (Fsp3) is 0.438. The Balaban J connectivity index is 2.05. The summed E-state index contributed by atoms with van der Waals surface area (Å²) >= 11 is 1.31. The minimum Gasteiger partial charge on any atom is -0.470 e. The molecule has 1 aliphatic rings. The van der Waals surface area contributed by atoms with Crippen molar-refractivity contribution in [1.29, 1.82) is 0 Å². The summed E-state index contributed by atoms with van der Waals surface area (Å²) in [6.45, 7) is 5.64. The van der Waals surface area contributed by atoms with E-state index in [1.807, 2.05) is 20.1 Å². The highest BCUT2D eigenvalue weighted by atomic mass is 32.2. The molecule has 1 amide bonds. The molecule has 1 aromatic rings. The molecule has 1 aromatic carbocycles. The number of nitrogens with one attached hydrogen (secondary N) is 1. The van der Waals surface area contributed by atoms with Crippen LogP contribution in [-0.2, 0) is 4.79 Å². The molecule has 1 atom stereocenters. The normalized spacial score (nSPS) is 13.8. The van der Waals surface area contributed by atoms with E-state index in [0.29, 0.717) is 17.2 Å². The van der Waals surface area contributed by atoms with E-state index in [2.05, 4.69) is 17.2 Å². The van der Waals surface area contributed by atoms with Crippen molar-refractivity contribution >= 4 is 17.7 Å². The minimum absolute atomic E-state index is 0.203. The van der Waals surface area contributed by atoms with E-state index in [-0.39, 0.29) is 12.7 Å². The number of hydrogen-bond acceptors (Lipinski definition) is 5. The van der Waals surface area contributed by atoms with E-state index in [4.69, 9.17) is 14.2 Å². The summed E-state index contributed by atoms with van der Waals surface area (Å²) in [6.07, 6.45) is 1.82. The van der Waals surface area contributed by atoms with Gasteiger partial charge in [0.2, 0.25) is 12.2 Å². The number of rotatable bonds is 5. The minimum atomic E-state index is -0.668. The van der Waals surface area contributed by atoms with Gasteiger partial charge in [-0.2, -0.15) is 0 Å². The highest BCUT2D eigenvalue weighted by Crippen LogP contribution is 2.35. The van der Waals surface area contributed by atoms with Gasteiger partial charge in [-0.15, -0.1) is 17.7 Å². The molecule has 6 heteroatoms. The fourth-order valence-electron chi connectivity index (χ4n) is 1.99. The first-order chi connectivity index (χ1) is 10.4. The lowest BCUT2D eigenvalue weighted by Gasteiger charge is -2.24. The molecular formula is C16H19NO4S. The van der Waals surface area contributed by atoms with Crippen molar-refractivity contribution in [2.24, 2.45) is 0 Å². The van der Waals surface area contributed by atoms with Crippen molar-refractivity contribution in [2.75, 3.05) is 13.0 Å². The van der Waals surface area contributed by atoms with Gasteiger partial charge in [0.05, 0.1) is 5.54 Å². The fourth-order valence-corrected chi connectivity index (χ4v) is 2.47. The Kier molecular flexibility index (Phi) is 5.09. The lowest BCUT2D eigenvalue weighted by atomic mass is 10.1. The molecule has 1 N–H and O–H groups in total. The number of benzene rings is 1. The SMILES string of the molecule is CC#CC(C)(C)NC(=O)C(Oc1ccc2c(c1)OCO2)SC. The van der Waals surface area contributed by atoms with Crippen LogP contribution in [0.25, 0.3) is 0 Å². The summed E-state index contributed by atoms with van der Waals surface area (Å²) in [5.41, 5.74) is -1.27. The van der Waals surface area contributed by atoms with Crippen LogP contribution in [0, 0.1) is 11.8 Å². The molecule has 5 nitrogen and oxygen atoms in total. The number of carbonyl (C=O) groups is 1. The summed E-state index contributed by atoms with van der Waals surface area (Å²) in [5.74, 6) is 7.38. The highest BCUT2D eigenvalue weighted by molar-refractivity contribution is 7.99. The Morgan fingerprint density at radius 1 is 1.41 bits per heavy atom. The molecule has 0 radical (unpaired) electrons. The Morgan fingerprint density at radius 3 is 2.82 bits per heavy atom. The molecule has 0 saturated carbocycles. The third-order valence-corrected chi connectivity index (χ3v) is 3.63. The molecule has 0 spiro atoms. The van der Waals surface area contributed by atoms with Gasteiger partial charge >= 0.3 is 0 Å². The van der Waals surface area contributed by atoms with Crippen LogP contribution in [0.1, 0.15) is 20.8 Å². The summed E-state index contributed by atoms with van der Waals surface area (Å²) in [7, 11) is 0. The Bertz CT molecular complexity index is 618. The monoisotopic (exact) mass is 321 g/mol. The molecule has 0 aliphatic carbocycles. The first-order valence-electron chi connectivity index (χ1n) is 6.80. The number of thioether (sulfide) groups is 1. The van der Waals surface area contributed by atoms with Crippen LogP contribution < -0.4 is 19.5 Å². The molecule has 0 fully saturated rings. The van der Waals surface area contributed by atoms with Gasteiger partial charge < -0.3 is 19.5 Å². The molecule has 0 saturated heterocycles. The van der Waals surface area contributed by atoms with Crippen LogP contribution in [0.4, 0.5) is 0 Å². The average molecular weight is 321 g/mol. The number of hydrogen-bond donors (Lipinski definition) is 1. The van der Waals surface area contributed by atoms with Gasteiger partial charge in [-0.3, -0.25) is 4.79 Å².